The number of nitrogens with one attached hydrogen (secondary N) is 2. The monoisotopic (exact) mass is 416 g/mol. The summed E-state index contributed by atoms with van der Waals surface area (Å²) < 4.78 is 23.9. The van der Waals surface area contributed by atoms with Gasteiger partial charge in [-0.3, -0.25) is 9.59 Å². The molecule has 0 saturated heterocycles. The van der Waals surface area contributed by atoms with Gasteiger partial charge < -0.3 is 20.1 Å². The Morgan fingerprint density at radius 1 is 1.03 bits per heavy atom. The molecule has 0 aliphatic carbocycles. The molecule has 0 bridgehead atoms. The van der Waals surface area contributed by atoms with Crippen molar-refractivity contribution < 1.29 is 28.2 Å². The number of halogens is 1. The molecule has 0 fully saturated rings. The molecule has 0 heterocycles. The summed E-state index contributed by atoms with van der Waals surface area (Å²) in [5.41, 5.74) is 0.681. The Morgan fingerprint density at radius 3 is 2.30 bits per heavy atom. The third-order valence-corrected chi connectivity index (χ3v) is 4.32. The molecule has 0 saturated carbocycles. The minimum absolute atomic E-state index is 0.173. The Bertz CT molecular complexity index is 883. The highest BCUT2D eigenvalue weighted by molar-refractivity contribution is 5.97. The molecule has 0 unspecified atom stereocenters. The van der Waals surface area contributed by atoms with Gasteiger partial charge in [0.1, 0.15) is 17.6 Å². The zero-order valence-corrected chi connectivity index (χ0v) is 17.1. The van der Waals surface area contributed by atoms with E-state index in [0.29, 0.717) is 5.75 Å². The Kier molecular flexibility index (Phi) is 8.34. The second-order valence-electron chi connectivity index (χ2n) is 6.91. The summed E-state index contributed by atoms with van der Waals surface area (Å²) in [7, 11) is 1.56. The summed E-state index contributed by atoms with van der Waals surface area (Å²) in [6.07, 6.45) is 0. The molecule has 0 aromatic heterocycles. The van der Waals surface area contributed by atoms with Gasteiger partial charge in [-0.25, -0.2) is 9.18 Å². The van der Waals surface area contributed by atoms with Gasteiger partial charge in [0.05, 0.1) is 12.7 Å². The maximum Gasteiger partial charge on any atom is 0.329 e. The molecule has 160 valence electrons. The van der Waals surface area contributed by atoms with Gasteiger partial charge in [-0.05, 0) is 35.7 Å². The minimum Gasteiger partial charge on any atom is -0.497 e. The predicted octanol–water partition coefficient (Wildman–Crippen LogP) is 2.45. The van der Waals surface area contributed by atoms with Gasteiger partial charge in [0, 0.05) is 6.54 Å². The quantitative estimate of drug-likeness (QED) is 0.613. The van der Waals surface area contributed by atoms with Crippen molar-refractivity contribution in [3.8, 4) is 5.75 Å². The van der Waals surface area contributed by atoms with Crippen molar-refractivity contribution in [3.63, 3.8) is 0 Å². The van der Waals surface area contributed by atoms with Crippen molar-refractivity contribution >= 4 is 17.8 Å². The van der Waals surface area contributed by atoms with Crippen LogP contribution in [0.2, 0.25) is 0 Å². The fourth-order valence-electron chi connectivity index (χ4n) is 2.58. The normalized spacial score (nSPS) is 11.5. The van der Waals surface area contributed by atoms with Crippen molar-refractivity contribution in [2.24, 2.45) is 5.92 Å². The van der Waals surface area contributed by atoms with Crippen LogP contribution in [0.4, 0.5) is 4.39 Å². The first-order valence-corrected chi connectivity index (χ1v) is 9.43. The van der Waals surface area contributed by atoms with Crippen molar-refractivity contribution in [2.75, 3.05) is 13.7 Å². The number of hydrogen-bond acceptors (Lipinski definition) is 5. The van der Waals surface area contributed by atoms with E-state index in [4.69, 9.17) is 9.47 Å². The summed E-state index contributed by atoms with van der Waals surface area (Å²) in [6.45, 7) is 3.18. The highest BCUT2D eigenvalue weighted by Gasteiger charge is 2.27. The van der Waals surface area contributed by atoms with E-state index in [1.807, 2.05) is 0 Å². The second kappa shape index (κ2) is 10.9. The van der Waals surface area contributed by atoms with E-state index in [1.54, 1.807) is 45.2 Å². The summed E-state index contributed by atoms with van der Waals surface area (Å²) in [5, 5.41) is 5.11. The van der Waals surface area contributed by atoms with Crippen molar-refractivity contribution in [3.05, 3.63) is 65.5 Å². The Balaban J connectivity index is 1.86. The van der Waals surface area contributed by atoms with Gasteiger partial charge in [0.2, 0.25) is 0 Å². The molecular formula is C22H25FN2O5. The van der Waals surface area contributed by atoms with Crippen LogP contribution >= 0.6 is 0 Å². The van der Waals surface area contributed by atoms with Crippen LogP contribution in [0, 0.1) is 11.7 Å². The maximum atomic E-state index is 13.8. The molecule has 0 radical (unpaired) electrons. The lowest BCUT2D eigenvalue weighted by Gasteiger charge is -2.21. The van der Waals surface area contributed by atoms with E-state index in [-0.39, 0.29) is 18.0 Å². The van der Waals surface area contributed by atoms with Crippen LogP contribution in [-0.2, 0) is 20.9 Å². The van der Waals surface area contributed by atoms with E-state index in [9.17, 15) is 18.8 Å². The first-order chi connectivity index (χ1) is 14.3. The number of ether oxygens (including phenoxy) is 2. The van der Waals surface area contributed by atoms with E-state index in [0.717, 1.165) is 11.6 Å². The lowest BCUT2D eigenvalue weighted by molar-refractivity contribution is -0.151. The number of esters is 1. The molecule has 1 atom stereocenters. The Hall–Kier alpha value is -3.42. The SMILES string of the molecule is COc1ccc(CNC(=O)COC(=O)[C@@H](NC(=O)c2ccccc2F)C(C)C)cc1. The standard InChI is InChI=1S/C22H25FN2O5/c1-14(2)20(25-21(27)17-6-4-5-7-18(17)23)22(28)30-13-19(26)24-12-15-8-10-16(29-3)11-9-15/h4-11,14,20H,12-13H2,1-3H3,(H,24,26)(H,25,27)/t20-/m0/s1. The van der Waals surface area contributed by atoms with Gasteiger partial charge in [0.15, 0.2) is 6.61 Å². The number of rotatable bonds is 9. The number of amides is 2. The highest BCUT2D eigenvalue weighted by Crippen LogP contribution is 2.11. The van der Waals surface area contributed by atoms with E-state index >= 15 is 0 Å². The molecule has 0 aliphatic heterocycles. The van der Waals surface area contributed by atoms with Crippen molar-refractivity contribution in [1.82, 2.24) is 10.6 Å². The fourth-order valence-corrected chi connectivity index (χ4v) is 2.58. The van der Waals surface area contributed by atoms with Crippen molar-refractivity contribution in [2.45, 2.75) is 26.4 Å². The van der Waals surface area contributed by atoms with Crippen LogP contribution in [0.5, 0.6) is 5.75 Å². The minimum atomic E-state index is -1.02. The van der Waals surface area contributed by atoms with Crippen LogP contribution in [-0.4, -0.2) is 37.5 Å². The topological polar surface area (TPSA) is 93.7 Å². The van der Waals surface area contributed by atoms with Crippen LogP contribution in [0.15, 0.2) is 48.5 Å². The second-order valence-corrected chi connectivity index (χ2v) is 6.91. The number of benzene rings is 2. The number of carbonyl (C=O) groups excluding carboxylic acids is 3. The predicted molar refractivity (Wildman–Crippen MR) is 108 cm³/mol. The molecule has 2 amide bonds. The lowest BCUT2D eigenvalue weighted by Crippen LogP contribution is -2.46. The van der Waals surface area contributed by atoms with Crippen LogP contribution in [0.25, 0.3) is 0 Å². The van der Waals surface area contributed by atoms with Gasteiger partial charge in [0.25, 0.3) is 11.8 Å². The zero-order chi connectivity index (χ0) is 22.1. The smallest absolute Gasteiger partial charge is 0.329 e. The average Bonchev–Trinajstić information content (AvgIpc) is 2.74. The zero-order valence-electron chi connectivity index (χ0n) is 17.1. The molecule has 8 heteroatoms. The average molecular weight is 416 g/mol. The summed E-state index contributed by atoms with van der Waals surface area (Å²) >= 11 is 0. The van der Waals surface area contributed by atoms with Gasteiger partial charge >= 0.3 is 5.97 Å². The number of methoxy groups -OCH3 is 1. The van der Waals surface area contributed by atoms with E-state index < -0.39 is 36.2 Å². The summed E-state index contributed by atoms with van der Waals surface area (Å²) in [5.74, 6) is -2.29. The van der Waals surface area contributed by atoms with E-state index in [1.165, 1.54) is 18.2 Å². The molecule has 2 rings (SSSR count). The Labute approximate surface area is 174 Å². The molecular weight excluding hydrogens is 391 g/mol. The molecule has 2 aromatic rings. The summed E-state index contributed by atoms with van der Waals surface area (Å²) in [4.78, 5) is 36.6. The third kappa shape index (κ3) is 6.58. The van der Waals surface area contributed by atoms with E-state index in [2.05, 4.69) is 10.6 Å². The van der Waals surface area contributed by atoms with Crippen LogP contribution in [0.1, 0.15) is 29.8 Å². The molecule has 0 spiro atoms. The first-order valence-electron chi connectivity index (χ1n) is 9.43. The fraction of sp³-hybridized carbons (Fsp3) is 0.318. The molecule has 2 aromatic carbocycles. The number of hydrogen-bond donors (Lipinski definition) is 2. The lowest BCUT2D eigenvalue weighted by atomic mass is 10.0. The molecule has 30 heavy (non-hydrogen) atoms. The van der Waals surface area contributed by atoms with Gasteiger partial charge in [-0.2, -0.15) is 0 Å². The largest absolute Gasteiger partial charge is 0.497 e. The third-order valence-electron chi connectivity index (χ3n) is 4.32. The molecule has 7 nitrogen and oxygen atoms in total. The first kappa shape index (κ1) is 22.9. The summed E-state index contributed by atoms with van der Waals surface area (Å²) in [6, 6.07) is 11.6. The van der Waals surface area contributed by atoms with Gasteiger partial charge in [-0.1, -0.05) is 38.1 Å². The Morgan fingerprint density at radius 2 is 1.70 bits per heavy atom. The van der Waals surface area contributed by atoms with Gasteiger partial charge in [-0.15, -0.1) is 0 Å². The highest BCUT2D eigenvalue weighted by atomic mass is 19.1. The van der Waals surface area contributed by atoms with Crippen LogP contribution in [0.3, 0.4) is 0 Å². The maximum absolute atomic E-state index is 13.8. The number of carbonyl (C=O) groups is 3. The van der Waals surface area contributed by atoms with Crippen molar-refractivity contribution in [1.29, 1.82) is 0 Å². The molecule has 0 aliphatic rings. The molecule has 2 N–H and O–H groups in total. The van der Waals surface area contributed by atoms with Crippen LogP contribution < -0.4 is 15.4 Å².